The molecule has 2 aromatic rings. The van der Waals surface area contributed by atoms with Gasteiger partial charge in [0.25, 0.3) is 5.56 Å². The first-order valence-electron chi connectivity index (χ1n) is 6.47. The van der Waals surface area contributed by atoms with Crippen LogP contribution in [0.25, 0.3) is 11.0 Å². The van der Waals surface area contributed by atoms with Crippen molar-refractivity contribution < 1.29 is 4.79 Å². The number of nitrogens with one attached hydrogen (secondary N) is 1. The molecule has 2 heterocycles. The van der Waals surface area contributed by atoms with E-state index >= 15 is 0 Å². The summed E-state index contributed by atoms with van der Waals surface area (Å²) in [6.45, 7) is 0. The van der Waals surface area contributed by atoms with Crippen LogP contribution in [0.15, 0.2) is 21.9 Å². The molecule has 3 rings (SSSR count). The number of pyridine rings is 1. The zero-order valence-electron chi connectivity index (χ0n) is 11.8. The van der Waals surface area contributed by atoms with Gasteiger partial charge in [-0.25, -0.2) is 9.78 Å². The number of carbonyl (C=O) groups is 1. The molecule has 116 valence electrons. The van der Waals surface area contributed by atoms with Crippen molar-refractivity contribution in [2.75, 3.05) is 5.32 Å². The van der Waals surface area contributed by atoms with Crippen LogP contribution in [0.3, 0.4) is 0 Å². The standard InChI is InChI=1S/C13H12Cl2N4O3/c1-18-9-7(11(21)19(2)12(18)22)3-6(5-16-9)17-10(20)8-4-13(8,14)15/h3,5,8H,4H2,1-2H3,(H,17,20). The number of rotatable bonds is 2. The van der Waals surface area contributed by atoms with Crippen LogP contribution in [0.5, 0.6) is 0 Å². The van der Waals surface area contributed by atoms with E-state index in [-0.39, 0.29) is 16.9 Å². The van der Waals surface area contributed by atoms with Crippen molar-refractivity contribution in [3.8, 4) is 0 Å². The predicted octanol–water partition coefficient (Wildman–Crippen LogP) is 0.764. The number of aryl methyl sites for hydroxylation is 1. The van der Waals surface area contributed by atoms with E-state index in [1.165, 1.54) is 30.9 Å². The Hall–Kier alpha value is -1.86. The lowest BCUT2D eigenvalue weighted by molar-refractivity contribution is -0.117. The molecule has 0 aromatic carbocycles. The van der Waals surface area contributed by atoms with Crippen LogP contribution in [0, 0.1) is 5.92 Å². The molecule has 1 N–H and O–H groups in total. The Morgan fingerprint density at radius 2 is 2.00 bits per heavy atom. The summed E-state index contributed by atoms with van der Waals surface area (Å²) in [5.74, 6) is -0.803. The van der Waals surface area contributed by atoms with Crippen molar-refractivity contribution in [2.24, 2.45) is 20.0 Å². The second kappa shape index (κ2) is 4.82. The minimum absolute atomic E-state index is 0.237. The summed E-state index contributed by atoms with van der Waals surface area (Å²) in [5, 5.41) is 2.86. The number of aromatic nitrogens is 3. The van der Waals surface area contributed by atoms with Gasteiger partial charge >= 0.3 is 5.69 Å². The molecule has 7 nitrogen and oxygen atoms in total. The highest BCUT2D eigenvalue weighted by atomic mass is 35.5. The lowest BCUT2D eigenvalue weighted by Crippen LogP contribution is -2.37. The maximum Gasteiger partial charge on any atom is 0.332 e. The summed E-state index contributed by atoms with van der Waals surface area (Å²) in [5.41, 5.74) is -0.336. The zero-order chi connectivity index (χ0) is 16.2. The molecular formula is C13H12Cl2N4O3. The quantitative estimate of drug-likeness (QED) is 0.816. The van der Waals surface area contributed by atoms with E-state index in [9.17, 15) is 14.4 Å². The minimum atomic E-state index is -1.02. The molecule has 1 unspecified atom stereocenters. The highest BCUT2D eigenvalue weighted by Crippen LogP contribution is 2.53. The molecule has 0 aliphatic heterocycles. The van der Waals surface area contributed by atoms with Crippen molar-refractivity contribution in [2.45, 2.75) is 10.8 Å². The molecule has 1 aliphatic carbocycles. The third-order valence-electron chi connectivity index (χ3n) is 3.70. The highest BCUT2D eigenvalue weighted by Gasteiger charge is 2.56. The Kier molecular flexibility index (Phi) is 3.30. The molecule has 1 atom stereocenters. The number of halogens is 2. The summed E-state index contributed by atoms with van der Waals surface area (Å²) in [4.78, 5) is 40.0. The lowest BCUT2D eigenvalue weighted by Gasteiger charge is -2.09. The first-order valence-corrected chi connectivity index (χ1v) is 7.22. The average Bonchev–Trinajstić information content (AvgIpc) is 3.12. The Morgan fingerprint density at radius 3 is 2.59 bits per heavy atom. The average molecular weight is 343 g/mol. The normalized spacial score (nSPS) is 19.2. The van der Waals surface area contributed by atoms with E-state index in [2.05, 4.69) is 10.3 Å². The van der Waals surface area contributed by atoms with E-state index in [0.717, 1.165) is 4.57 Å². The van der Waals surface area contributed by atoms with E-state index < -0.39 is 21.5 Å². The van der Waals surface area contributed by atoms with Gasteiger partial charge in [0.1, 0.15) is 9.98 Å². The van der Waals surface area contributed by atoms with Crippen molar-refractivity contribution in [1.82, 2.24) is 14.1 Å². The lowest BCUT2D eigenvalue weighted by atomic mass is 10.3. The van der Waals surface area contributed by atoms with Crippen LogP contribution in [-0.2, 0) is 18.9 Å². The van der Waals surface area contributed by atoms with Gasteiger partial charge in [0, 0.05) is 14.1 Å². The molecular weight excluding hydrogens is 331 g/mol. The first kappa shape index (κ1) is 15.1. The van der Waals surface area contributed by atoms with Crippen molar-refractivity contribution >= 4 is 45.8 Å². The molecule has 9 heteroatoms. The van der Waals surface area contributed by atoms with Gasteiger partial charge in [-0.3, -0.25) is 18.7 Å². The number of fused-ring (bicyclic) bond motifs is 1. The van der Waals surface area contributed by atoms with Gasteiger partial charge in [0.15, 0.2) is 0 Å². The largest absolute Gasteiger partial charge is 0.332 e. The zero-order valence-corrected chi connectivity index (χ0v) is 13.3. The van der Waals surface area contributed by atoms with Crippen LogP contribution in [0.2, 0.25) is 0 Å². The fourth-order valence-electron chi connectivity index (χ4n) is 2.26. The first-order chi connectivity index (χ1) is 10.2. The second-order valence-electron chi connectivity index (χ2n) is 5.31. The number of nitrogens with zero attached hydrogens (tertiary/aromatic N) is 3. The molecule has 0 radical (unpaired) electrons. The Balaban J connectivity index is 2.02. The number of amides is 1. The van der Waals surface area contributed by atoms with Gasteiger partial charge in [-0.1, -0.05) is 0 Å². The van der Waals surface area contributed by atoms with Crippen LogP contribution >= 0.6 is 23.2 Å². The van der Waals surface area contributed by atoms with Crippen molar-refractivity contribution in [3.05, 3.63) is 33.1 Å². The summed E-state index contributed by atoms with van der Waals surface area (Å²) in [7, 11) is 2.91. The van der Waals surface area contributed by atoms with Crippen molar-refractivity contribution in [3.63, 3.8) is 0 Å². The summed E-state index contributed by atoms with van der Waals surface area (Å²) in [6.07, 6.45) is 1.77. The monoisotopic (exact) mass is 342 g/mol. The van der Waals surface area contributed by atoms with Crippen molar-refractivity contribution in [1.29, 1.82) is 0 Å². The Morgan fingerprint density at radius 1 is 1.36 bits per heavy atom. The summed E-state index contributed by atoms with van der Waals surface area (Å²) < 4.78 is 1.24. The SMILES string of the molecule is Cn1c(=O)c2cc(NC(=O)C3CC3(Cl)Cl)cnc2n(C)c1=O. The van der Waals surface area contributed by atoms with Gasteiger partial charge in [-0.2, -0.15) is 0 Å². The predicted molar refractivity (Wildman–Crippen MR) is 83.4 cm³/mol. The molecule has 1 amide bonds. The maximum absolute atomic E-state index is 12.1. The second-order valence-corrected chi connectivity index (χ2v) is 6.85. The van der Waals surface area contributed by atoms with Gasteiger partial charge in [0.05, 0.1) is 23.2 Å². The Bertz CT molecular complexity index is 916. The summed E-state index contributed by atoms with van der Waals surface area (Å²) in [6, 6.07) is 1.48. The van der Waals surface area contributed by atoms with Gasteiger partial charge in [-0.05, 0) is 12.5 Å². The molecule has 22 heavy (non-hydrogen) atoms. The van der Waals surface area contributed by atoms with E-state index in [1.807, 2.05) is 0 Å². The number of hydrogen-bond acceptors (Lipinski definition) is 4. The molecule has 1 saturated carbocycles. The van der Waals surface area contributed by atoms with E-state index in [1.54, 1.807) is 0 Å². The van der Waals surface area contributed by atoms with Gasteiger partial charge in [0.2, 0.25) is 5.91 Å². The van der Waals surface area contributed by atoms with Crippen LogP contribution in [-0.4, -0.2) is 24.4 Å². The number of alkyl halides is 2. The smallest absolute Gasteiger partial charge is 0.324 e. The topological polar surface area (TPSA) is 86.0 Å². The molecule has 2 aromatic heterocycles. The molecule has 0 bridgehead atoms. The van der Waals surface area contributed by atoms with Gasteiger partial charge in [-0.15, -0.1) is 23.2 Å². The highest BCUT2D eigenvalue weighted by molar-refractivity contribution is 6.52. The fraction of sp³-hybridized carbons (Fsp3) is 0.385. The molecule has 1 fully saturated rings. The number of anilines is 1. The van der Waals surface area contributed by atoms with E-state index in [0.29, 0.717) is 12.1 Å². The third kappa shape index (κ3) is 2.30. The number of carbonyl (C=O) groups excluding carboxylic acids is 1. The van der Waals surface area contributed by atoms with Crippen LogP contribution < -0.4 is 16.6 Å². The van der Waals surface area contributed by atoms with Crippen LogP contribution in [0.4, 0.5) is 5.69 Å². The molecule has 0 spiro atoms. The summed E-state index contributed by atoms with van der Waals surface area (Å²) >= 11 is 11.7. The fourth-order valence-corrected chi connectivity index (χ4v) is 2.77. The molecule has 1 aliphatic rings. The molecule has 0 saturated heterocycles. The van der Waals surface area contributed by atoms with E-state index in [4.69, 9.17) is 23.2 Å². The minimum Gasteiger partial charge on any atom is -0.324 e. The van der Waals surface area contributed by atoms with Gasteiger partial charge < -0.3 is 5.32 Å². The number of hydrogen-bond donors (Lipinski definition) is 1. The van der Waals surface area contributed by atoms with Crippen LogP contribution in [0.1, 0.15) is 6.42 Å². The third-order valence-corrected chi connectivity index (χ3v) is 4.54. The Labute approximate surface area is 134 Å². The maximum atomic E-state index is 12.1.